The van der Waals surface area contributed by atoms with Gasteiger partial charge in [-0.25, -0.2) is 4.98 Å². The topological polar surface area (TPSA) is 45.1 Å². The molecule has 1 aromatic heterocycles. The molecule has 0 radical (unpaired) electrons. The van der Waals surface area contributed by atoms with Crippen LogP contribution in [0.15, 0.2) is 34.9 Å². The quantitative estimate of drug-likeness (QED) is 0.910. The standard InChI is InChI=1S/C13H15BrN2O/c1-9(6-8-17)16-13-11-3-2-4-12(14)10(11)5-7-15-13/h2-5,7,9,17H,6,8H2,1H3,(H,15,16). The highest BCUT2D eigenvalue weighted by Gasteiger charge is 2.07. The monoisotopic (exact) mass is 294 g/mol. The van der Waals surface area contributed by atoms with Crippen LogP contribution in [0.5, 0.6) is 0 Å². The van der Waals surface area contributed by atoms with Crippen LogP contribution < -0.4 is 5.32 Å². The van der Waals surface area contributed by atoms with E-state index in [0.717, 1.165) is 21.1 Å². The molecule has 2 rings (SSSR count). The van der Waals surface area contributed by atoms with Gasteiger partial charge in [0, 0.05) is 34.1 Å². The van der Waals surface area contributed by atoms with E-state index < -0.39 is 0 Å². The van der Waals surface area contributed by atoms with Gasteiger partial charge in [-0.15, -0.1) is 0 Å². The second-order valence-corrected chi connectivity index (χ2v) is 4.91. The zero-order chi connectivity index (χ0) is 12.3. The lowest BCUT2D eigenvalue weighted by Gasteiger charge is -2.15. The van der Waals surface area contributed by atoms with Gasteiger partial charge in [0.1, 0.15) is 5.82 Å². The summed E-state index contributed by atoms with van der Waals surface area (Å²) in [5.74, 6) is 0.866. The molecule has 3 nitrogen and oxygen atoms in total. The first-order chi connectivity index (χ1) is 8.22. The maximum Gasteiger partial charge on any atom is 0.134 e. The van der Waals surface area contributed by atoms with Crippen LogP contribution in [0.3, 0.4) is 0 Å². The molecule has 2 aromatic rings. The summed E-state index contributed by atoms with van der Waals surface area (Å²) < 4.78 is 1.07. The zero-order valence-electron chi connectivity index (χ0n) is 9.65. The van der Waals surface area contributed by atoms with Gasteiger partial charge in [0.2, 0.25) is 0 Å². The minimum absolute atomic E-state index is 0.183. The van der Waals surface area contributed by atoms with E-state index in [-0.39, 0.29) is 12.6 Å². The molecule has 0 spiro atoms. The average Bonchev–Trinajstić information content (AvgIpc) is 2.31. The Kier molecular flexibility index (Phi) is 3.97. The van der Waals surface area contributed by atoms with Crippen molar-refractivity contribution in [2.24, 2.45) is 0 Å². The Balaban J connectivity index is 2.37. The number of nitrogens with one attached hydrogen (secondary N) is 1. The molecule has 0 saturated carbocycles. The number of benzene rings is 1. The number of rotatable bonds is 4. The summed E-state index contributed by atoms with van der Waals surface area (Å²) in [7, 11) is 0. The Morgan fingerprint density at radius 3 is 2.94 bits per heavy atom. The highest BCUT2D eigenvalue weighted by atomic mass is 79.9. The van der Waals surface area contributed by atoms with Crippen molar-refractivity contribution in [1.82, 2.24) is 4.98 Å². The van der Waals surface area contributed by atoms with Crippen molar-refractivity contribution >= 4 is 32.5 Å². The Morgan fingerprint density at radius 1 is 1.35 bits per heavy atom. The van der Waals surface area contributed by atoms with Gasteiger partial charge in [0.15, 0.2) is 0 Å². The van der Waals surface area contributed by atoms with Crippen molar-refractivity contribution in [3.05, 3.63) is 34.9 Å². The normalized spacial score (nSPS) is 12.6. The van der Waals surface area contributed by atoms with E-state index in [0.29, 0.717) is 6.42 Å². The number of aromatic nitrogens is 1. The highest BCUT2D eigenvalue weighted by molar-refractivity contribution is 9.10. The smallest absolute Gasteiger partial charge is 0.134 e. The van der Waals surface area contributed by atoms with Gasteiger partial charge in [0.25, 0.3) is 0 Å². The lowest BCUT2D eigenvalue weighted by Crippen LogP contribution is -2.17. The summed E-state index contributed by atoms with van der Waals surface area (Å²) >= 11 is 3.53. The predicted octanol–water partition coefficient (Wildman–Crippen LogP) is 3.18. The van der Waals surface area contributed by atoms with Crippen molar-refractivity contribution < 1.29 is 5.11 Å². The van der Waals surface area contributed by atoms with Gasteiger partial charge in [-0.05, 0) is 25.5 Å². The molecule has 0 fully saturated rings. The predicted molar refractivity (Wildman–Crippen MR) is 74.2 cm³/mol. The molecule has 1 unspecified atom stereocenters. The van der Waals surface area contributed by atoms with Gasteiger partial charge >= 0.3 is 0 Å². The van der Waals surface area contributed by atoms with E-state index in [1.807, 2.05) is 31.2 Å². The summed E-state index contributed by atoms with van der Waals surface area (Å²) in [4.78, 5) is 4.36. The molecule has 4 heteroatoms. The Hall–Kier alpha value is -1.13. The van der Waals surface area contributed by atoms with E-state index in [2.05, 4.69) is 26.2 Å². The number of fused-ring (bicyclic) bond motifs is 1. The van der Waals surface area contributed by atoms with E-state index in [9.17, 15) is 0 Å². The summed E-state index contributed by atoms with van der Waals surface area (Å²) in [6, 6.07) is 8.25. The van der Waals surface area contributed by atoms with Gasteiger partial charge in [-0.1, -0.05) is 28.1 Å². The molecule has 0 aliphatic rings. The number of nitrogens with zero attached hydrogens (tertiary/aromatic N) is 1. The highest BCUT2D eigenvalue weighted by Crippen LogP contribution is 2.27. The van der Waals surface area contributed by atoms with Crippen molar-refractivity contribution in [1.29, 1.82) is 0 Å². The lowest BCUT2D eigenvalue weighted by molar-refractivity contribution is 0.282. The molecule has 0 saturated heterocycles. The first-order valence-electron chi connectivity index (χ1n) is 5.63. The fourth-order valence-electron chi connectivity index (χ4n) is 1.78. The average molecular weight is 295 g/mol. The zero-order valence-corrected chi connectivity index (χ0v) is 11.2. The summed E-state index contributed by atoms with van der Waals surface area (Å²) in [6.45, 7) is 2.22. The molecule has 1 heterocycles. The molecular formula is C13H15BrN2O. The molecule has 1 atom stereocenters. The molecule has 0 aliphatic carbocycles. The second-order valence-electron chi connectivity index (χ2n) is 4.05. The number of hydrogen-bond acceptors (Lipinski definition) is 3. The van der Waals surface area contributed by atoms with Crippen LogP contribution in [-0.2, 0) is 0 Å². The second kappa shape index (κ2) is 5.47. The molecule has 1 aromatic carbocycles. The van der Waals surface area contributed by atoms with Gasteiger partial charge in [0.05, 0.1) is 0 Å². The van der Waals surface area contributed by atoms with E-state index in [1.165, 1.54) is 0 Å². The van der Waals surface area contributed by atoms with Crippen LogP contribution in [0.25, 0.3) is 10.8 Å². The van der Waals surface area contributed by atoms with Crippen LogP contribution in [0.2, 0.25) is 0 Å². The van der Waals surface area contributed by atoms with Gasteiger partial charge in [-0.3, -0.25) is 0 Å². The van der Waals surface area contributed by atoms with Gasteiger partial charge < -0.3 is 10.4 Å². The SMILES string of the molecule is CC(CCO)Nc1nccc2c(Br)cccc12. The minimum Gasteiger partial charge on any atom is -0.396 e. The molecule has 90 valence electrons. The third-order valence-electron chi connectivity index (χ3n) is 2.70. The maximum absolute atomic E-state index is 8.90. The third-order valence-corrected chi connectivity index (χ3v) is 3.39. The van der Waals surface area contributed by atoms with E-state index in [4.69, 9.17) is 5.11 Å². The van der Waals surface area contributed by atoms with Gasteiger partial charge in [-0.2, -0.15) is 0 Å². The largest absolute Gasteiger partial charge is 0.396 e. The van der Waals surface area contributed by atoms with Crippen LogP contribution >= 0.6 is 15.9 Å². The minimum atomic E-state index is 0.183. The van der Waals surface area contributed by atoms with Crippen molar-refractivity contribution in [2.45, 2.75) is 19.4 Å². The van der Waals surface area contributed by atoms with Crippen LogP contribution in [0, 0.1) is 0 Å². The Labute approximate surface area is 109 Å². The lowest BCUT2D eigenvalue weighted by atomic mass is 10.1. The summed E-state index contributed by atoms with van der Waals surface area (Å²) in [5.41, 5.74) is 0. The molecule has 0 bridgehead atoms. The van der Waals surface area contributed by atoms with Crippen molar-refractivity contribution in [3.63, 3.8) is 0 Å². The Morgan fingerprint density at radius 2 is 2.18 bits per heavy atom. The molecule has 0 amide bonds. The van der Waals surface area contributed by atoms with E-state index in [1.54, 1.807) is 6.20 Å². The number of aliphatic hydroxyl groups excluding tert-OH is 1. The van der Waals surface area contributed by atoms with Crippen LogP contribution in [0.1, 0.15) is 13.3 Å². The van der Waals surface area contributed by atoms with Crippen LogP contribution in [0.4, 0.5) is 5.82 Å². The molecule has 2 N–H and O–H groups in total. The number of aliphatic hydroxyl groups is 1. The fraction of sp³-hybridized carbons (Fsp3) is 0.308. The van der Waals surface area contributed by atoms with Crippen molar-refractivity contribution in [2.75, 3.05) is 11.9 Å². The fourth-order valence-corrected chi connectivity index (χ4v) is 2.28. The van der Waals surface area contributed by atoms with E-state index >= 15 is 0 Å². The number of pyridine rings is 1. The third kappa shape index (κ3) is 2.76. The number of halogens is 1. The first kappa shape index (κ1) is 12.3. The van der Waals surface area contributed by atoms with Crippen molar-refractivity contribution in [3.8, 4) is 0 Å². The molecule has 0 aliphatic heterocycles. The van der Waals surface area contributed by atoms with Crippen LogP contribution in [-0.4, -0.2) is 22.7 Å². The summed E-state index contributed by atoms with van der Waals surface area (Å²) in [6.07, 6.45) is 2.51. The number of hydrogen-bond donors (Lipinski definition) is 2. The first-order valence-corrected chi connectivity index (χ1v) is 6.42. The number of anilines is 1. The Bertz CT molecular complexity index is 516. The molecule has 17 heavy (non-hydrogen) atoms. The summed E-state index contributed by atoms with van der Waals surface area (Å²) in [5, 5.41) is 14.5. The maximum atomic E-state index is 8.90. The molecular weight excluding hydrogens is 280 g/mol.